The third-order valence-electron chi connectivity index (χ3n) is 17.6. The molecule has 0 fully saturated rings. The van der Waals surface area contributed by atoms with Gasteiger partial charge in [-0.3, -0.25) is 9.59 Å². The van der Waals surface area contributed by atoms with Crippen LogP contribution in [-0.2, 0) is 14.3 Å². The number of unbranched alkanes of at least 4 members (excludes halogenated alkanes) is 52. The monoisotopic (exact) mass is 1180 g/mol. The Kier molecular flexibility index (Phi) is 71.4. The summed E-state index contributed by atoms with van der Waals surface area (Å²) in [5.41, 5.74) is 0. The van der Waals surface area contributed by atoms with E-state index in [1.165, 1.54) is 321 Å². The third-order valence-corrected chi connectivity index (χ3v) is 17.6. The largest absolute Gasteiger partial charge is 0.466 e. The van der Waals surface area contributed by atoms with Crippen molar-refractivity contribution in [3.8, 4) is 0 Å². The lowest BCUT2D eigenvalue weighted by molar-refractivity contribution is -0.143. The minimum atomic E-state index is -0.664. The van der Waals surface area contributed by atoms with Crippen LogP contribution in [0, 0.1) is 0 Å². The third kappa shape index (κ3) is 68.9. The Bertz CT molecular complexity index is 1400. The van der Waals surface area contributed by atoms with Gasteiger partial charge >= 0.3 is 5.97 Å². The van der Waals surface area contributed by atoms with Crippen molar-refractivity contribution in [2.45, 2.75) is 424 Å². The van der Waals surface area contributed by atoms with Crippen molar-refractivity contribution in [2.75, 3.05) is 13.2 Å². The number of carbonyl (C=O) groups excluding carboxylic acids is 2. The molecule has 0 aromatic rings. The maximum absolute atomic E-state index is 12.6. The zero-order chi connectivity index (χ0) is 60.6. The lowest BCUT2D eigenvalue weighted by Crippen LogP contribution is -2.45. The van der Waals surface area contributed by atoms with Gasteiger partial charge in [0.05, 0.1) is 25.4 Å². The molecule has 0 aliphatic heterocycles. The number of esters is 1. The molecular formula is C78H147NO5. The normalized spacial score (nSPS) is 12.8. The van der Waals surface area contributed by atoms with Crippen molar-refractivity contribution in [3.63, 3.8) is 0 Å². The Labute approximate surface area is 525 Å². The molecule has 3 N–H and O–H groups in total. The number of aliphatic hydroxyl groups is 2. The van der Waals surface area contributed by atoms with Gasteiger partial charge in [0.1, 0.15) is 0 Å². The fraction of sp³-hybridized carbons (Fsp3) is 0.872. The van der Waals surface area contributed by atoms with Crippen molar-refractivity contribution in [1.29, 1.82) is 0 Å². The highest BCUT2D eigenvalue weighted by molar-refractivity contribution is 5.76. The molecule has 0 aromatic carbocycles. The van der Waals surface area contributed by atoms with Gasteiger partial charge in [-0.05, 0) is 83.5 Å². The molecule has 0 spiro atoms. The first-order chi connectivity index (χ1) is 41.5. The maximum Gasteiger partial charge on any atom is 0.305 e. The van der Waals surface area contributed by atoms with Crippen LogP contribution in [0.15, 0.2) is 48.6 Å². The van der Waals surface area contributed by atoms with E-state index in [2.05, 4.69) is 67.8 Å². The molecule has 1 amide bonds. The van der Waals surface area contributed by atoms with Crippen LogP contribution in [0.4, 0.5) is 0 Å². The number of hydrogen-bond acceptors (Lipinski definition) is 5. The van der Waals surface area contributed by atoms with Crippen molar-refractivity contribution < 1.29 is 24.5 Å². The molecule has 0 saturated carbocycles. The summed E-state index contributed by atoms with van der Waals surface area (Å²) in [6, 6.07) is -0.541. The smallest absolute Gasteiger partial charge is 0.305 e. The van der Waals surface area contributed by atoms with Gasteiger partial charge < -0.3 is 20.3 Å². The Hall–Kier alpha value is -2.18. The molecule has 0 radical (unpaired) electrons. The number of aliphatic hydroxyl groups excluding tert-OH is 2. The van der Waals surface area contributed by atoms with Crippen molar-refractivity contribution in [2.24, 2.45) is 0 Å². The first kappa shape index (κ1) is 81.8. The molecule has 0 heterocycles. The van der Waals surface area contributed by atoms with E-state index in [-0.39, 0.29) is 18.5 Å². The predicted octanol–water partition coefficient (Wildman–Crippen LogP) is 24.8. The van der Waals surface area contributed by atoms with E-state index in [1.807, 2.05) is 0 Å². The molecule has 0 bridgehead atoms. The Morgan fingerprint density at radius 1 is 0.333 bits per heavy atom. The number of carbonyl (C=O) groups is 2. The Balaban J connectivity index is 3.39. The summed E-state index contributed by atoms with van der Waals surface area (Å²) < 4.78 is 5.48. The van der Waals surface area contributed by atoms with Gasteiger partial charge in [0.15, 0.2) is 0 Å². The molecule has 0 saturated heterocycles. The molecule has 2 unspecified atom stereocenters. The van der Waals surface area contributed by atoms with Gasteiger partial charge in [-0.1, -0.05) is 364 Å². The molecule has 2 atom stereocenters. The minimum absolute atomic E-state index is 0.000231. The molecule has 0 aliphatic rings. The summed E-state index contributed by atoms with van der Waals surface area (Å²) in [5.74, 6) is -0.0293. The molecule has 6 heteroatoms. The zero-order valence-electron chi connectivity index (χ0n) is 56.6. The van der Waals surface area contributed by atoms with Crippen molar-refractivity contribution >= 4 is 11.9 Å². The molecule has 0 aliphatic carbocycles. The second-order valence-electron chi connectivity index (χ2n) is 26.0. The zero-order valence-corrected chi connectivity index (χ0v) is 56.6. The van der Waals surface area contributed by atoms with Crippen LogP contribution in [0.25, 0.3) is 0 Å². The van der Waals surface area contributed by atoms with Crippen molar-refractivity contribution in [3.05, 3.63) is 48.6 Å². The van der Waals surface area contributed by atoms with Crippen LogP contribution in [0.1, 0.15) is 412 Å². The van der Waals surface area contributed by atoms with Gasteiger partial charge in [-0.25, -0.2) is 0 Å². The van der Waals surface area contributed by atoms with E-state index < -0.39 is 12.1 Å². The molecular weight excluding hydrogens is 1030 g/mol. The van der Waals surface area contributed by atoms with E-state index in [0.717, 1.165) is 57.8 Å². The lowest BCUT2D eigenvalue weighted by Gasteiger charge is -2.22. The van der Waals surface area contributed by atoms with E-state index >= 15 is 0 Å². The number of nitrogens with one attached hydrogen (secondary N) is 1. The number of amides is 1. The standard InChI is InChI=1S/C78H147NO5/c1-3-5-7-9-11-13-15-17-19-20-21-37-40-43-46-50-54-58-62-66-70-76(81)75(74-80)79-77(82)71-67-63-59-55-51-47-44-41-38-35-33-31-29-27-25-23-22-24-26-28-30-32-34-36-39-42-45-49-53-57-61-65-69-73-84-78(83)72-68-64-60-56-52-48-18-16-14-12-10-8-6-4-2/h10,12,16,18,26,28,32,34,75-76,80-81H,3-9,11,13-15,17,19-25,27,29-31,33,35-74H2,1-2H3,(H,79,82)/b12-10-,18-16-,28-26-,34-32-. The number of hydrogen-bond donors (Lipinski definition) is 3. The van der Waals surface area contributed by atoms with Gasteiger partial charge in [-0.15, -0.1) is 0 Å². The SMILES string of the molecule is CCCC/C=C\C/C=C\CCCCCCCC(=O)OCCCCCCCCCCC/C=C\C/C=C\CCCCCCCCCCCCCCCCCCCC(=O)NC(CO)C(O)CCCCCCCCCCCCCCCCCCCCCC. The highest BCUT2D eigenvalue weighted by Gasteiger charge is 2.20. The summed E-state index contributed by atoms with van der Waals surface area (Å²) in [6.45, 7) is 4.94. The van der Waals surface area contributed by atoms with Gasteiger partial charge in [0.2, 0.25) is 5.91 Å². The average Bonchev–Trinajstić information content (AvgIpc) is 3.51. The van der Waals surface area contributed by atoms with Gasteiger partial charge in [0, 0.05) is 12.8 Å². The van der Waals surface area contributed by atoms with E-state index in [0.29, 0.717) is 25.9 Å². The van der Waals surface area contributed by atoms with Gasteiger partial charge in [0.25, 0.3) is 0 Å². The van der Waals surface area contributed by atoms with E-state index in [1.54, 1.807) is 0 Å². The summed E-state index contributed by atoms with van der Waals surface area (Å²) in [7, 11) is 0. The van der Waals surface area contributed by atoms with Crippen LogP contribution >= 0.6 is 0 Å². The van der Waals surface area contributed by atoms with Crippen LogP contribution < -0.4 is 5.32 Å². The van der Waals surface area contributed by atoms with Gasteiger partial charge in [-0.2, -0.15) is 0 Å². The second-order valence-corrected chi connectivity index (χ2v) is 26.0. The predicted molar refractivity (Wildman–Crippen MR) is 370 cm³/mol. The highest BCUT2D eigenvalue weighted by atomic mass is 16.5. The number of ether oxygens (including phenoxy) is 1. The van der Waals surface area contributed by atoms with Crippen molar-refractivity contribution in [1.82, 2.24) is 5.32 Å². The fourth-order valence-corrected chi connectivity index (χ4v) is 11.8. The van der Waals surface area contributed by atoms with E-state index in [4.69, 9.17) is 4.74 Å². The fourth-order valence-electron chi connectivity index (χ4n) is 11.8. The maximum atomic E-state index is 12.6. The summed E-state index contributed by atoms with van der Waals surface area (Å²) in [4.78, 5) is 24.6. The van der Waals surface area contributed by atoms with Crippen LogP contribution in [0.2, 0.25) is 0 Å². The summed E-state index contributed by atoms with van der Waals surface area (Å²) in [5, 5.41) is 23.4. The highest BCUT2D eigenvalue weighted by Crippen LogP contribution is 2.19. The summed E-state index contributed by atoms with van der Waals surface area (Å²) >= 11 is 0. The number of allylic oxidation sites excluding steroid dienone is 8. The summed E-state index contributed by atoms with van der Waals surface area (Å²) in [6.07, 6.45) is 96.1. The second kappa shape index (κ2) is 73.3. The van der Waals surface area contributed by atoms with Crippen LogP contribution in [0.3, 0.4) is 0 Å². The first-order valence-corrected chi connectivity index (χ1v) is 37.9. The Morgan fingerprint density at radius 3 is 0.940 bits per heavy atom. The molecule has 6 nitrogen and oxygen atoms in total. The Morgan fingerprint density at radius 2 is 0.607 bits per heavy atom. The average molecular weight is 1180 g/mol. The van der Waals surface area contributed by atoms with E-state index in [9.17, 15) is 19.8 Å². The molecule has 494 valence electrons. The topological polar surface area (TPSA) is 95.9 Å². The first-order valence-electron chi connectivity index (χ1n) is 37.9. The van der Waals surface area contributed by atoms with Crippen LogP contribution in [-0.4, -0.2) is 47.4 Å². The molecule has 0 aromatic heterocycles. The van der Waals surface area contributed by atoms with Crippen LogP contribution in [0.5, 0.6) is 0 Å². The molecule has 84 heavy (non-hydrogen) atoms. The quantitative estimate of drug-likeness (QED) is 0.0320. The molecule has 0 rings (SSSR count). The number of rotatable bonds is 71. The lowest BCUT2D eigenvalue weighted by atomic mass is 10.0. The minimum Gasteiger partial charge on any atom is -0.466 e.